The van der Waals surface area contributed by atoms with E-state index in [0.717, 1.165) is 0 Å². The zero-order valence-corrected chi connectivity index (χ0v) is 13.1. The molecule has 0 unspecified atom stereocenters. The van der Waals surface area contributed by atoms with Gasteiger partial charge in [0.2, 0.25) is 0 Å². The Hall–Kier alpha value is -1.64. The molecule has 114 valence electrons. The number of hydrogen-bond acceptors (Lipinski definition) is 3. The standard InChI is InChI=1S/C18H24O3/c1-4-21-17(20)18(16(19)10-13(2)3)11-15(12-18)14-8-6-5-7-9-14/h5-9,13,15H,4,10-12H2,1-3H3. The molecule has 0 aromatic heterocycles. The van der Waals surface area contributed by atoms with E-state index in [4.69, 9.17) is 4.74 Å². The number of rotatable bonds is 6. The van der Waals surface area contributed by atoms with Crippen LogP contribution in [0.2, 0.25) is 0 Å². The third kappa shape index (κ3) is 3.17. The van der Waals surface area contributed by atoms with Crippen molar-refractivity contribution in [2.75, 3.05) is 6.61 Å². The summed E-state index contributed by atoms with van der Waals surface area (Å²) < 4.78 is 5.18. The van der Waals surface area contributed by atoms with Gasteiger partial charge in [0, 0.05) is 6.42 Å². The first kappa shape index (κ1) is 15.7. The zero-order valence-electron chi connectivity index (χ0n) is 13.1. The summed E-state index contributed by atoms with van der Waals surface area (Å²) in [6, 6.07) is 10.1. The number of ketones is 1. The Bertz CT molecular complexity index is 498. The Labute approximate surface area is 126 Å². The van der Waals surface area contributed by atoms with E-state index >= 15 is 0 Å². The van der Waals surface area contributed by atoms with Crippen LogP contribution in [0.3, 0.4) is 0 Å². The molecule has 3 nitrogen and oxygen atoms in total. The van der Waals surface area contributed by atoms with Crippen molar-refractivity contribution < 1.29 is 14.3 Å². The number of esters is 1. The van der Waals surface area contributed by atoms with E-state index in [1.165, 1.54) is 5.56 Å². The summed E-state index contributed by atoms with van der Waals surface area (Å²) in [4.78, 5) is 24.9. The van der Waals surface area contributed by atoms with Gasteiger partial charge >= 0.3 is 5.97 Å². The number of carbonyl (C=O) groups is 2. The van der Waals surface area contributed by atoms with Crippen molar-refractivity contribution in [2.45, 2.75) is 46.0 Å². The number of carbonyl (C=O) groups excluding carboxylic acids is 2. The average molecular weight is 288 g/mol. The predicted molar refractivity (Wildman–Crippen MR) is 81.9 cm³/mol. The summed E-state index contributed by atoms with van der Waals surface area (Å²) in [5, 5.41) is 0. The van der Waals surface area contributed by atoms with Crippen LogP contribution in [0.1, 0.15) is 51.5 Å². The van der Waals surface area contributed by atoms with Gasteiger partial charge in [0.25, 0.3) is 0 Å². The molecule has 0 spiro atoms. The maximum Gasteiger partial charge on any atom is 0.319 e. The minimum atomic E-state index is -0.902. The van der Waals surface area contributed by atoms with Crippen molar-refractivity contribution in [1.82, 2.24) is 0 Å². The van der Waals surface area contributed by atoms with Crippen LogP contribution in [0.4, 0.5) is 0 Å². The summed E-state index contributed by atoms with van der Waals surface area (Å²) >= 11 is 0. The second-order valence-corrected chi connectivity index (χ2v) is 6.34. The molecule has 0 aliphatic heterocycles. The highest BCUT2D eigenvalue weighted by Crippen LogP contribution is 2.53. The molecular weight excluding hydrogens is 264 g/mol. The molecule has 2 rings (SSSR count). The molecule has 0 radical (unpaired) electrons. The molecule has 21 heavy (non-hydrogen) atoms. The molecule has 1 aromatic rings. The first-order valence-electron chi connectivity index (χ1n) is 7.75. The van der Waals surface area contributed by atoms with Gasteiger partial charge in [-0.05, 0) is 37.2 Å². The second-order valence-electron chi connectivity index (χ2n) is 6.34. The van der Waals surface area contributed by atoms with Crippen LogP contribution >= 0.6 is 0 Å². The van der Waals surface area contributed by atoms with Crippen molar-refractivity contribution in [3.8, 4) is 0 Å². The van der Waals surface area contributed by atoms with E-state index in [9.17, 15) is 9.59 Å². The van der Waals surface area contributed by atoms with E-state index in [1.807, 2.05) is 32.0 Å². The lowest BCUT2D eigenvalue weighted by atomic mass is 9.57. The van der Waals surface area contributed by atoms with Gasteiger partial charge in [-0.1, -0.05) is 44.2 Å². The number of hydrogen-bond donors (Lipinski definition) is 0. The highest BCUT2D eigenvalue weighted by molar-refractivity contribution is 6.05. The van der Waals surface area contributed by atoms with Crippen LogP contribution in [-0.4, -0.2) is 18.4 Å². The monoisotopic (exact) mass is 288 g/mol. The van der Waals surface area contributed by atoms with Gasteiger partial charge in [-0.15, -0.1) is 0 Å². The molecule has 1 aliphatic rings. The molecule has 1 saturated carbocycles. The van der Waals surface area contributed by atoms with E-state index in [2.05, 4.69) is 12.1 Å². The summed E-state index contributed by atoms with van der Waals surface area (Å²) in [5.41, 5.74) is 0.301. The van der Waals surface area contributed by atoms with Gasteiger partial charge in [0.05, 0.1) is 6.61 Å². The SMILES string of the molecule is CCOC(=O)C1(C(=O)CC(C)C)CC(c2ccccc2)C1. The smallest absolute Gasteiger partial charge is 0.319 e. The maximum atomic E-state index is 12.6. The molecule has 0 N–H and O–H groups in total. The molecule has 1 fully saturated rings. The van der Waals surface area contributed by atoms with Gasteiger partial charge < -0.3 is 4.74 Å². The maximum absolute atomic E-state index is 12.6. The predicted octanol–water partition coefficient (Wildman–Crippen LogP) is 3.73. The summed E-state index contributed by atoms with van der Waals surface area (Å²) in [7, 11) is 0. The lowest BCUT2D eigenvalue weighted by Crippen LogP contribution is -2.50. The lowest BCUT2D eigenvalue weighted by Gasteiger charge is -2.44. The van der Waals surface area contributed by atoms with Crippen LogP contribution in [0.5, 0.6) is 0 Å². The minimum Gasteiger partial charge on any atom is -0.465 e. The highest BCUT2D eigenvalue weighted by Gasteiger charge is 2.56. The third-order valence-electron chi connectivity index (χ3n) is 4.25. The molecule has 3 heteroatoms. The Morgan fingerprint density at radius 3 is 2.38 bits per heavy atom. The van der Waals surface area contributed by atoms with Gasteiger partial charge in [0.1, 0.15) is 11.2 Å². The first-order valence-corrected chi connectivity index (χ1v) is 7.75. The Morgan fingerprint density at radius 2 is 1.86 bits per heavy atom. The fourth-order valence-corrected chi connectivity index (χ4v) is 3.09. The fraction of sp³-hybridized carbons (Fsp3) is 0.556. The molecule has 0 bridgehead atoms. The molecule has 0 saturated heterocycles. The van der Waals surface area contributed by atoms with Crippen molar-refractivity contribution in [2.24, 2.45) is 11.3 Å². The summed E-state index contributed by atoms with van der Waals surface area (Å²) in [5.74, 6) is 0.261. The highest BCUT2D eigenvalue weighted by atomic mass is 16.5. The number of benzene rings is 1. The average Bonchev–Trinajstić information content (AvgIpc) is 2.38. The Morgan fingerprint density at radius 1 is 1.24 bits per heavy atom. The normalized spacial score (nSPS) is 24.5. The molecule has 1 aromatic carbocycles. The molecular formula is C18H24O3. The van der Waals surface area contributed by atoms with Crippen LogP contribution < -0.4 is 0 Å². The van der Waals surface area contributed by atoms with Gasteiger partial charge in [-0.3, -0.25) is 9.59 Å². The first-order chi connectivity index (χ1) is 9.99. The molecule has 0 heterocycles. The lowest BCUT2D eigenvalue weighted by molar-refractivity contribution is -0.168. The van der Waals surface area contributed by atoms with Gasteiger partial charge in [-0.25, -0.2) is 0 Å². The quantitative estimate of drug-likeness (QED) is 0.592. The fourth-order valence-electron chi connectivity index (χ4n) is 3.09. The topological polar surface area (TPSA) is 43.4 Å². The minimum absolute atomic E-state index is 0.0446. The number of Topliss-reactive ketones (excluding diaryl/α,β-unsaturated/α-hetero) is 1. The van der Waals surface area contributed by atoms with Crippen LogP contribution in [-0.2, 0) is 14.3 Å². The van der Waals surface area contributed by atoms with E-state index in [1.54, 1.807) is 6.92 Å². The molecule has 0 atom stereocenters. The van der Waals surface area contributed by atoms with Crippen molar-refractivity contribution in [3.05, 3.63) is 35.9 Å². The van der Waals surface area contributed by atoms with Crippen LogP contribution in [0, 0.1) is 11.3 Å². The Kier molecular flexibility index (Phi) is 4.81. The second kappa shape index (κ2) is 6.42. The van der Waals surface area contributed by atoms with E-state index < -0.39 is 5.41 Å². The van der Waals surface area contributed by atoms with Crippen LogP contribution in [0.25, 0.3) is 0 Å². The van der Waals surface area contributed by atoms with Crippen molar-refractivity contribution in [3.63, 3.8) is 0 Å². The summed E-state index contributed by atoms with van der Waals surface area (Å²) in [6.07, 6.45) is 1.61. The van der Waals surface area contributed by atoms with Gasteiger partial charge in [-0.2, -0.15) is 0 Å². The van der Waals surface area contributed by atoms with Crippen LogP contribution in [0.15, 0.2) is 30.3 Å². The van der Waals surface area contributed by atoms with E-state index in [0.29, 0.717) is 25.9 Å². The summed E-state index contributed by atoms with van der Waals surface area (Å²) in [6.45, 7) is 6.12. The largest absolute Gasteiger partial charge is 0.465 e. The third-order valence-corrected chi connectivity index (χ3v) is 4.25. The van der Waals surface area contributed by atoms with Crippen molar-refractivity contribution >= 4 is 11.8 Å². The number of ether oxygens (including phenoxy) is 1. The zero-order chi connectivity index (χ0) is 15.5. The van der Waals surface area contributed by atoms with E-state index in [-0.39, 0.29) is 23.6 Å². The molecule has 0 amide bonds. The molecule has 1 aliphatic carbocycles. The Balaban J connectivity index is 2.14. The van der Waals surface area contributed by atoms with Gasteiger partial charge in [0.15, 0.2) is 0 Å². The van der Waals surface area contributed by atoms with Crippen molar-refractivity contribution in [1.29, 1.82) is 0 Å².